The highest BCUT2D eigenvalue weighted by atomic mass is 32.2. The number of hydrogen-bond donors (Lipinski definition) is 0. The van der Waals surface area contributed by atoms with Gasteiger partial charge in [0.15, 0.2) is 0 Å². The summed E-state index contributed by atoms with van der Waals surface area (Å²) >= 11 is 1.77. The third kappa shape index (κ3) is 2.39. The molecule has 1 aliphatic carbocycles. The van der Waals surface area contributed by atoms with Gasteiger partial charge in [0.1, 0.15) is 11.4 Å². The summed E-state index contributed by atoms with van der Waals surface area (Å²) in [7, 11) is 0. The van der Waals surface area contributed by atoms with E-state index in [0.29, 0.717) is 0 Å². The molecule has 1 unspecified atom stereocenters. The predicted molar refractivity (Wildman–Crippen MR) is 53.8 cm³/mol. The Balaban J connectivity index is 1.74. The minimum Gasteiger partial charge on any atom is -0.462 e. The first-order chi connectivity index (χ1) is 6.36. The molecule has 2 aliphatic rings. The molecule has 13 heavy (non-hydrogen) atoms. The fourth-order valence-corrected chi connectivity index (χ4v) is 2.84. The Hall–Kier alpha value is -0.180. The van der Waals surface area contributed by atoms with E-state index in [0.717, 1.165) is 25.0 Å². The first kappa shape index (κ1) is 9.38. The van der Waals surface area contributed by atoms with Gasteiger partial charge in [-0.1, -0.05) is 6.42 Å². The average Bonchev–Trinajstić information content (AvgIpc) is 2.12. The molecule has 3 heteroatoms. The smallest absolute Gasteiger partial charge is 0.319 e. The van der Waals surface area contributed by atoms with Crippen LogP contribution >= 0.6 is 11.8 Å². The number of carbonyl (C=O) groups is 1. The third-order valence-electron chi connectivity index (χ3n) is 2.78. The molecule has 0 aromatic carbocycles. The summed E-state index contributed by atoms with van der Waals surface area (Å²) in [5, 5.41) is 0.148. The maximum atomic E-state index is 11.6. The third-order valence-corrected chi connectivity index (χ3v) is 4.13. The SMILES string of the molecule is O=C(OC1CCC1)C1CCCCS1. The number of thioether (sulfide) groups is 1. The number of hydrogen-bond acceptors (Lipinski definition) is 3. The molecule has 0 amide bonds. The summed E-state index contributed by atoms with van der Waals surface area (Å²) < 4.78 is 5.37. The van der Waals surface area contributed by atoms with Gasteiger partial charge in [-0.15, -0.1) is 11.8 Å². The van der Waals surface area contributed by atoms with Crippen LogP contribution in [0.1, 0.15) is 38.5 Å². The van der Waals surface area contributed by atoms with Gasteiger partial charge in [-0.05, 0) is 37.9 Å². The monoisotopic (exact) mass is 200 g/mol. The van der Waals surface area contributed by atoms with Crippen LogP contribution in [0.3, 0.4) is 0 Å². The van der Waals surface area contributed by atoms with Crippen LogP contribution in [0.4, 0.5) is 0 Å². The summed E-state index contributed by atoms with van der Waals surface area (Å²) in [6.07, 6.45) is 7.14. The molecule has 2 nitrogen and oxygen atoms in total. The van der Waals surface area contributed by atoms with Crippen molar-refractivity contribution < 1.29 is 9.53 Å². The number of carbonyl (C=O) groups excluding carboxylic acids is 1. The second kappa shape index (κ2) is 4.36. The zero-order valence-corrected chi connectivity index (χ0v) is 8.65. The fourth-order valence-electron chi connectivity index (χ4n) is 1.66. The Morgan fingerprint density at radius 3 is 2.54 bits per heavy atom. The maximum Gasteiger partial charge on any atom is 0.319 e. The van der Waals surface area contributed by atoms with Crippen molar-refractivity contribution in [1.29, 1.82) is 0 Å². The number of rotatable bonds is 2. The van der Waals surface area contributed by atoms with Crippen LogP contribution in [0.25, 0.3) is 0 Å². The van der Waals surface area contributed by atoms with E-state index in [1.807, 2.05) is 0 Å². The molecule has 2 fully saturated rings. The lowest BCUT2D eigenvalue weighted by atomic mass is 9.96. The number of esters is 1. The molecule has 2 rings (SSSR count). The summed E-state index contributed by atoms with van der Waals surface area (Å²) in [6.45, 7) is 0. The second-order valence-electron chi connectivity index (χ2n) is 3.85. The van der Waals surface area contributed by atoms with Crippen molar-refractivity contribution in [3.8, 4) is 0 Å². The highest BCUT2D eigenvalue weighted by Gasteiger charge is 2.28. The van der Waals surface area contributed by atoms with Crippen molar-refractivity contribution in [2.24, 2.45) is 0 Å². The van der Waals surface area contributed by atoms with Crippen LogP contribution < -0.4 is 0 Å². The molecule has 0 radical (unpaired) electrons. The van der Waals surface area contributed by atoms with Gasteiger partial charge in [-0.3, -0.25) is 4.79 Å². The molecule has 0 bridgehead atoms. The lowest BCUT2D eigenvalue weighted by Crippen LogP contribution is -2.31. The molecular formula is C10H16O2S. The van der Waals surface area contributed by atoms with Crippen molar-refractivity contribution in [1.82, 2.24) is 0 Å². The summed E-state index contributed by atoms with van der Waals surface area (Å²) in [4.78, 5) is 11.6. The summed E-state index contributed by atoms with van der Waals surface area (Å²) in [5.41, 5.74) is 0. The van der Waals surface area contributed by atoms with Gasteiger partial charge in [-0.2, -0.15) is 0 Å². The first-order valence-corrected chi connectivity index (χ1v) is 6.23. The summed E-state index contributed by atoms with van der Waals surface area (Å²) in [5.74, 6) is 1.18. The summed E-state index contributed by atoms with van der Waals surface area (Å²) in [6, 6.07) is 0. The van der Waals surface area contributed by atoms with Gasteiger partial charge in [0.2, 0.25) is 0 Å². The highest BCUT2D eigenvalue weighted by molar-refractivity contribution is 8.00. The molecule has 74 valence electrons. The molecule has 0 spiro atoms. The van der Waals surface area contributed by atoms with Gasteiger partial charge >= 0.3 is 5.97 Å². The average molecular weight is 200 g/mol. The van der Waals surface area contributed by atoms with E-state index in [1.165, 1.54) is 19.3 Å². The van der Waals surface area contributed by atoms with Crippen LogP contribution in [0.15, 0.2) is 0 Å². The van der Waals surface area contributed by atoms with E-state index < -0.39 is 0 Å². The minimum absolute atomic E-state index is 0.0504. The van der Waals surface area contributed by atoms with Gasteiger partial charge in [-0.25, -0.2) is 0 Å². The van der Waals surface area contributed by atoms with Crippen molar-refractivity contribution in [2.75, 3.05) is 5.75 Å². The van der Waals surface area contributed by atoms with E-state index in [9.17, 15) is 4.79 Å². The van der Waals surface area contributed by atoms with E-state index >= 15 is 0 Å². The van der Waals surface area contributed by atoms with Crippen molar-refractivity contribution in [3.05, 3.63) is 0 Å². The van der Waals surface area contributed by atoms with Crippen LogP contribution in [0, 0.1) is 0 Å². The molecule has 1 aliphatic heterocycles. The topological polar surface area (TPSA) is 26.3 Å². The highest BCUT2D eigenvalue weighted by Crippen LogP contribution is 2.29. The molecule has 1 heterocycles. The normalized spacial score (nSPS) is 29.4. The lowest BCUT2D eigenvalue weighted by molar-refractivity contribution is -0.152. The Labute approximate surface area is 83.4 Å². The van der Waals surface area contributed by atoms with Crippen molar-refractivity contribution in [3.63, 3.8) is 0 Å². The maximum absolute atomic E-state index is 11.6. The van der Waals surface area contributed by atoms with Gasteiger partial charge in [0, 0.05) is 0 Å². The Bertz CT molecular complexity index is 183. The fraction of sp³-hybridized carbons (Fsp3) is 0.900. The number of ether oxygens (including phenoxy) is 1. The molecule has 0 aromatic rings. The van der Waals surface area contributed by atoms with E-state index in [4.69, 9.17) is 4.74 Å². The molecule has 1 saturated heterocycles. The predicted octanol–water partition coefficient (Wildman–Crippen LogP) is 2.37. The van der Waals surface area contributed by atoms with Crippen LogP contribution in [-0.2, 0) is 9.53 Å². The van der Waals surface area contributed by atoms with Crippen LogP contribution in [0.2, 0.25) is 0 Å². The molecule has 1 saturated carbocycles. The van der Waals surface area contributed by atoms with E-state index in [-0.39, 0.29) is 17.3 Å². The zero-order chi connectivity index (χ0) is 9.10. The van der Waals surface area contributed by atoms with Crippen molar-refractivity contribution in [2.45, 2.75) is 49.9 Å². The van der Waals surface area contributed by atoms with E-state index in [1.54, 1.807) is 11.8 Å². The largest absolute Gasteiger partial charge is 0.462 e. The second-order valence-corrected chi connectivity index (χ2v) is 5.16. The van der Waals surface area contributed by atoms with Crippen LogP contribution in [0.5, 0.6) is 0 Å². The standard InChI is InChI=1S/C10H16O2S/c11-10(12-8-4-3-5-8)9-6-1-2-7-13-9/h8-9H,1-7H2. The molecule has 0 N–H and O–H groups in total. The molecule has 0 aromatic heterocycles. The first-order valence-electron chi connectivity index (χ1n) is 5.18. The minimum atomic E-state index is 0.0504. The lowest BCUT2D eigenvalue weighted by Gasteiger charge is -2.28. The molecular weight excluding hydrogens is 184 g/mol. The van der Waals surface area contributed by atoms with Crippen molar-refractivity contribution >= 4 is 17.7 Å². The van der Waals surface area contributed by atoms with Gasteiger partial charge < -0.3 is 4.74 Å². The van der Waals surface area contributed by atoms with Crippen LogP contribution in [-0.4, -0.2) is 23.1 Å². The Morgan fingerprint density at radius 2 is 2.00 bits per heavy atom. The van der Waals surface area contributed by atoms with Gasteiger partial charge in [0.25, 0.3) is 0 Å². The zero-order valence-electron chi connectivity index (χ0n) is 7.83. The van der Waals surface area contributed by atoms with Gasteiger partial charge in [0.05, 0.1) is 0 Å². The Kier molecular flexibility index (Phi) is 3.14. The quantitative estimate of drug-likeness (QED) is 0.640. The van der Waals surface area contributed by atoms with E-state index in [2.05, 4.69) is 0 Å². The Morgan fingerprint density at radius 1 is 1.15 bits per heavy atom. The molecule has 1 atom stereocenters.